The molecule has 4 aromatic rings. The molecule has 6 nitrogen and oxygen atoms in total. The summed E-state index contributed by atoms with van der Waals surface area (Å²) in [5, 5.41) is 8.04. The highest BCUT2D eigenvalue weighted by Gasteiger charge is 2.13. The largest absolute Gasteiger partial charge is 0.421 e. The van der Waals surface area contributed by atoms with E-state index in [4.69, 9.17) is 9.40 Å². The lowest BCUT2D eigenvalue weighted by Crippen LogP contribution is -2.30. The molecule has 1 aliphatic heterocycles. The summed E-state index contributed by atoms with van der Waals surface area (Å²) >= 11 is 0. The lowest BCUT2D eigenvalue weighted by Gasteiger charge is -2.27. The van der Waals surface area contributed by atoms with Crippen molar-refractivity contribution >= 4 is 16.9 Å². The lowest BCUT2D eigenvalue weighted by atomic mass is 10.0. The van der Waals surface area contributed by atoms with Gasteiger partial charge in [0.1, 0.15) is 5.82 Å². The smallest absolute Gasteiger partial charge is 0.247 e. The maximum Gasteiger partial charge on any atom is 0.247 e. The van der Waals surface area contributed by atoms with Crippen molar-refractivity contribution in [2.75, 3.05) is 18.0 Å². The van der Waals surface area contributed by atoms with Crippen LogP contribution in [0.4, 0.5) is 5.82 Å². The van der Waals surface area contributed by atoms with E-state index >= 15 is 0 Å². The first-order valence-electron chi connectivity index (χ1n) is 9.69. The molecule has 2 aromatic carbocycles. The van der Waals surface area contributed by atoms with Gasteiger partial charge in [0.15, 0.2) is 0 Å². The molecule has 0 unspecified atom stereocenters. The zero-order valence-electron chi connectivity index (χ0n) is 15.8. The van der Waals surface area contributed by atoms with Crippen molar-refractivity contribution in [1.82, 2.24) is 20.2 Å². The summed E-state index contributed by atoms with van der Waals surface area (Å²) in [7, 11) is 0. The number of hydrogen-bond donors (Lipinski definition) is 0. The van der Waals surface area contributed by atoms with Crippen molar-refractivity contribution in [1.29, 1.82) is 0 Å². The number of anilines is 1. The molecule has 3 heterocycles. The average Bonchev–Trinajstić information content (AvgIpc) is 3.20. The molecule has 0 amide bonds. The molecule has 0 radical (unpaired) electrons. The topological polar surface area (TPSA) is 67.9 Å². The minimum atomic E-state index is 0.535. The van der Waals surface area contributed by atoms with Crippen LogP contribution in [0.25, 0.3) is 33.6 Å². The Labute approximate surface area is 163 Å². The fourth-order valence-electron chi connectivity index (χ4n) is 3.70. The van der Waals surface area contributed by atoms with Gasteiger partial charge >= 0.3 is 0 Å². The fourth-order valence-corrected chi connectivity index (χ4v) is 3.70. The van der Waals surface area contributed by atoms with Gasteiger partial charge in [-0.15, -0.1) is 10.2 Å². The highest BCUT2D eigenvalue weighted by Crippen LogP contribution is 2.28. The first kappa shape index (κ1) is 16.9. The zero-order chi connectivity index (χ0) is 18.9. The normalized spacial score (nSPS) is 14.5. The number of nitrogens with zero attached hydrogens (tertiary/aromatic N) is 5. The van der Waals surface area contributed by atoms with Gasteiger partial charge in [-0.25, -0.2) is 4.98 Å². The minimum absolute atomic E-state index is 0.535. The predicted molar refractivity (Wildman–Crippen MR) is 109 cm³/mol. The molecule has 1 aliphatic rings. The highest BCUT2D eigenvalue weighted by atomic mass is 16.4. The molecule has 28 heavy (non-hydrogen) atoms. The molecular formula is C22H21N5O. The molecule has 6 heteroatoms. The number of hydrogen-bond acceptors (Lipinski definition) is 6. The molecule has 0 bridgehead atoms. The van der Waals surface area contributed by atoms with Crippen molar-refractivity contribution in [3.8, 4) is 22.6 Å². The van der Waals surface area contributed by atoms with Crippen LogP contribution in [0.2, 0.25) is 0 Å². The van der Waals surface area contributed by atoms with Crippen LogP contribution < -0.4 is 4.90 Å². The van der Waals surface area contributed by atoms with Crippen molar-refractivity contribution in [2.45, 2.75) is 26.2 Å². The summed E-state index contributed by atoms with van der Waals surface area (Å²) in [4.78, 5) is 11.8. The van der Waals surface area contributed by atoms with E-state index in [1.165, 1.54) is 19.3 Å². The summed E-state index contributed by atoms with van der Waals surface area (Å²) in [6.07, 6.45) is 5.65. The Kier molecular flexibility index (Phi) is 4.24. The highest BCUT2D eigenvalue weighted by molar-refractivity contribution is 5.83. The second-order valence-corrected chi connectivity index (χ2v) is 7.19. The SMILES string of the molecule is Cc1nnc(-c2cccc(-c3ccc4ncc(N5CCCCC5)nc4c3)c2)o1. The van der Waals surface area contributed by atoms with Crippen LogP contribution in [0.5, 0.6) is 0 Å². The standard InChI is InChI=1S/C22H21N5O/c1-15-25-26-22(28-15)18-7-5-6-16(12-18)17-8-9-19-20(13-17)24-21(14-23-19)27-10-3-2-4-11-27/h5-9,12-14H,2-4,10-11H2,1H3. The van der Waals surface area contributed by atoms with Gasteiger partial charge in [-0.2, -0.15) is 0 Å². The van der Waals surface area contributed by atoms with E-state index in [1.54, 1.807) is 6.92 Å². The van der Waals surface area contributed by atoms with Crippen LogP contribution in [0.1, 0.15) is 25.2 Å². The van der Waals surface area contributed by atoms with E-state index in [0.717, 1.165) is 46.6 Å². The molecule has 0 N–H and O–H groups in total. The number of rotatable bonds is 3. The van der Waals surface area contributed by atoms with E-state index in [9.17, 15) is 0 Å². The Morgan fingerprint density at radius 3 is 2.50 bits per heavy atom. The number of aryl methyl sites for hydroxylation is 1. The van der Waals surface area contributed by atoms with Crippen LogP contribution in [-0.4, -0.2) is 33.3 Å². The number of benzene rings is 2. The van der Waals surface area contributed by atoms with Crippen molar-refractivity contribution < 1.29 is 4.42 Å². The molecule has 0 spiro atoms. The van der Waals surface area contributed by atoms with Gasteiger partial charge in [0.05, 0.1) is 17.2 Å². The Morgan fingerprint density at radius 1 is 0.857 bits per heavy atom. The Balaban J connectivity index is 1.52. The van der Waals surface area contributed by atoms with E-state index in [0.29, 0.717) is 11.8 Å². The zero-order valence-corrected chi connectivity index (χ0v) is 15.8. The van der Waals surface area contributed by atoms with E-state index in [-0.39, 0.29) is 0 Å². The van der Waals surface area contributed by atoms with Gasteiger partial charge in [-0.05, 0) is 54.7 Å². The quantitative estimate of drug-likeness (QED) is 0.522. The first-order chi connectivity index (χ1) is 13.8. The third kappa shape index (κ3) is 3.22. The van der Waals surface area contributed by atoms with Gasteiger partial charge < -0.3 is 9.32 Å². The third-order valence-electron chi connectivity index (χ3n) is 5.18. The summed E-state index contributed by atoms with van der Waals surface area (Å²) in [6.45, 7) is 3.92. The monoisotopic (exact) mass is 371 g/mol. The van der Waals surface area contributed by atoms with Crippen LogP contribution in [-0.2, 0) is 0 Å². The molecule has 1 fully saturated rings. The summed E-state index contributed by atoms with van der Waals surface area (Å²) < 4.78 is 5.56. The van der Waals surface area contributed by atoms with Crippen LogP contribution in [0.15, 0.2) is 53.1 Å². The Bertz CT molecular complexity index is 1130. The van der Waals surface area contributed by atoms with E-state index in [1.807, 2.05) is 24.4 Å². The molecule has 140 valence electrons. The summed E-state index contributed by atoms with van der Waals surface area (Å²) in [5.41, 5.74) is 4.91. The Hall–Kier alpha value is -3.28. The van der Waals surface area contributed by atoms with Gasteiger partial charge in [0.25, 0.3) is 0 Å². The molecule has 2 aromatic heterocycles. The maximum atomic E-state index is 5.56. The van der Waals surface area contributed by atoms with Gasteiger partial charge in [0, 0.05) is 25.6 Å². The summed E-state index contributed by atoms with van der Waals surface area (Å²) in [5.74, 6) is 2.07. The van der Waals surface area contributed by atoms with Crippen LogP contribution in [0, 0.1) is 6.92 Å². The average molecular weight is 371 g/mol. The number of piperidine rings is 1. The predicted octanol–water partition coefficient (Wildman–Crippen LogP) is 4.65. The molecule has 5 rings (SSSR count). The molecule has 1 saturated heterocycles. The van der Waals surface area contributed by atoms with Gasteiger partial charge in [0.2, 0.25) is 11.8 Å². The van der Waals surface area contributed by atoms with Crippen molar-refractivity contribution in [2.24, 2.45) is 0 Å². The molecule has 0 atom stereocenters. The van der Waals surface area contributed by atoms with Crippen LogP contribution in [0.3, 0.4) is 0 Å². The van der Waals surface area contributed by atoms with Crippen molar-refractivity contribution in [3.63, 3.8) is 0 Å². The number of fused-ring (bicyclic) bond motifs is 1. The van der Waals surface area contributed by atoms with E-state index in [2.05, 4.69) is 44.3 Å². The minimum Gasteiger partial charge on any atom is -0.421 e. The maximum absolute atomic E-state index is 5.56. The first-order valence-corrected chi connectivity index (χ1v) is 9.69. The summed E-state index contributed by atoms with van der Waals surface area (Å²) in [6, 6.07) is 14.3. The van der Waals surface area contributed by atoms with Gasteiger partial charge in [-0.1, -0.05) is 18.2 Å². The molecule has 0 aliphatic carbocycles. The fraction of sp³-hybridized carbons (Fsp3) is 0.273. The lowest BCUT2D eigenvalue weighted by molar-refractivity contribution is 0.533. The van der Waals surface area contributed by atoms with Crippen LogP contribution >= 0.6 is 0 Å². The number of aromatic nitrogens is 4. The third-order valence-corrected chi connectivity index (χ3v) is 5.18. The van der Waals surface area contributed by atoms with Crippen molar-refractivity contribution in [3.05, 3.63) is 54.6 Å². The second kappa shape index (κ2) is 7.03. The second-order valence-electron chi connectivity index (χ2n) is 7.19. The van der Waals surface area contributed by atoms with E-state index < -0.39 is 0 Å². The van der Waals surface area contributed by atoms with Gasteiger partial charge in [-0.3, -0.25) is 4.98 Å². The Morgan fingerprint density at radius 2 is 1.68 bits per heavy atom. The molecular weight excluding hydrogens is 350 g/mol. The molecule has 0 saturated carbocycles.